The van der Waals surface area contributed by atoms with Gasteiger partial charge in [0, 0.05) is 23.9 Å². The molecule has 0 radical (unpaired) electrons. The summed E-state index contributed by atoms with van der Waals surface area (Å²) in [7, 11) is 1.62. The predicted molar refractivity (Wildman–Crippen MR) is 101 cm³/mol. The predicted octanol–water partition coefficient (Wildman–Crippen LogP) is 3.65. The standard InChI is InChI=1S/C20H23NO4S/c1-23-16-13-17(14-5-3-2-4-6-14)26-18(16)19(22)21-9-7-15(8-10-21)20-24-11-12-25-20/h2-6,13,15,20H,7-12H2,1H3. The summed E-state index contributed by atoms with van der Waals surface area (Å²) in [5.74, 6) is 1.09. The van der Waals surface area contributed by atoms with Crippen LogP contribution >= 0.6 is 11.3 Å². The molecule has 0 unspecified atom stereocenters. The minimum atomic E-state index is -0.0896. The number of ether oxygens (including phenoxy) is 3. The molecule has 1 aromatic carbocycles. The Morgan fingerprint density at radius 3 is 2.50 bits per heavy atom. The van der Waals surface area contributed by atoms with E-state index in [1.807, 2.05) is 41.3 Å². The summed E-state index contributed by atoms with van der Waals surface area (Å²) in [5, 5.41) is 0. The van der Waals surface area contributed by atoms with Gasteiger partial charge in [-0.3, -0.25) is 4.79 Å². The first-order chi connectivity index (χ1) is 12.8. The highest BCUT2D eigenvalue weighted by Gasteiger charge is 2.33. The van der Waals surface area contributed by atoms with Crippen LogP contribution in [0, 0.1) is 5.92 Å². The molecular weight excluding hydrogens is 350 g/mol. The molecule has 0 spiro atoms. The van der Waals surface area contributed by atoms with Crippen molar-refractivity contribution in [2.24, 2.45) is 5.92 Å². The summed E-state index contributed by atoms with van der Waals surface area (Å²) >= 11 is 1.50. The molecule has 1 aromatic heterocycles. The van der Waals surface area contributed by atoms with Crippen LogP contribution in [0.15, 0.2) is 36.4 Å². The minimum absolute atomic E-state index is 0.0562. The highest BCUT2D eigenvalue weighted by molar-refractivity contribution is 7.17. The van der Waals surface area contributed by atoms with Gasteiger partial charge in [0.25, 0.3) is 5.91 Å². The number of amides is 1. The first-order valence-electron chi connectivity index (χ1n) is 9.02. The maximum absolute atomic E-state index is 13.0. The lowest BCUT2D eigenvalue weighted by Crippen LogP contribution is -2.41. The van der Waals surface area contributed by atoms with Gasteiger partial charge in [0.05, 0.1) is 20.3 Å². The highest BCUT2D eigenvalue weighted by atomic mass is 32.1. The number of benzene rings is 1. The van der Waals surface area contributed by atoms with Crippen molar-refractivity contribution in [1.82, 2.24) is 4.90 Å². The number of hydrogen-bond donors (Lipinski definition) is 0. The van der Waals surface area contributed by atoms with E-state index >= 15 is 0 Å². The molecule has 2 aliphatic rings. The summed E-state index contributed by atoms with van der Waals surface area (Å²) < 4.78 is 16.7. The van der Waals surface area contributed by atoms with Crippen molar-refractivity contribution in [3.05, 3.63) is 41.3 Å². The maximum atomic E-state index is 13.0. The molecule has 0 atom stereocenters. The minimum Gasteiger partial charge on any atom is -0.495 e. The molecule has 2 saturated heterocycles. The summed E-state index contributed by atoms with van der Waals surface area (Å²) in [5.41, 5.74) is 1.10. The zero-order chi connectivity index (χ0) is 17.9. The number of carbonyl (C=O) groups is 1. The molecule has 0 bridgehead atoms. The fraction of sp³-hybridized carbons (Fsp3) is 0.450. The lowest BCUT2D eigenvalue weighted by Gasteiger charge is -2.33. The van der Waals surface area contributed by atoms with E-state index in [1.54, 1.807) is 7.11 Å². The molecule has 4 rings (SSSR count). The summed E-state index contributed by atoms with van der Waals surface area (Å²) in [6, 6.07) is 12.0. The number of methoxy groups -OCH3 is 1. The Kier molecular flexibility index (Phi) is 5.24. The second-order valence-electron chi connectivity index (χ2n) is 6.61. The van der Waals surface area contributed by atoms with Gasteiger partial charge in [-0.2, -0.15) is 0 Å². The van der Waals surface area contributed by atoms with Crippen LogP contribution in [0.4, 0.5) is 0 Å². The fourth-order valence-electron chi connectivity index (χ4n) is 3.59. The number of nitrogens with zero attached hydrogens (tertiary/aromatic N) is 1. The van der Waals surface area contributed by atoms with Crippen LogP contribution in [-0.4, -0.2) is 50.5 Å². The Balaban J connectivity index is 1.47. The maximum Gasteiger partial charge on any atom is 0.267 e. The Morgan fingerprint density at radius 2 is 1.85 bits per heavy atom. The third-order valence-electron chi connectivity index (χ3n) is 5.03. The van der Waals surface area contributed by atoms with Gasteiger partial charge in [-0.25, -0.2) is 0 Å². The molecule has 0 saturated carbocycles. The van der Waals surface area contributed by atoms with Crippen LogP contribution in [-0.2, 0) is 9.47 Å². The molecule has 6 heteroatoms. The van der Waals surface area contributed by atoms with Crippen molar-refractivity contribution in [3.63, 3.8) is 0 Å². The Labute approximate surface area is 157 Å². The second-order valence-corrected chi connectivity index (χ2v) is 7.67. The van der Waals surface area contributed by atoms with E-state index in [4.69, 9.17) is 14.2 Å². The smallest absolute Gasteiger partial charge is 0.267 e. The highest BCUT2D eigenvalue weighted by Crippen LogP contribution is 2.37. The summed E-state index contributed by atoms with van der Waals surface area (Å²) in [6.45, 7) is 2.82. The Hall–Kier alpha value is -1.89. The number of carbonyl (C=O) groups excluding carboxylic acids is 1. The van der Waals surface area contributed by atoms with Crippen molar-refractivity contribution in [2.75, 3.05) is 33.4 Å². The SMILES string of the molecule is COc1cc(-c2ccccc2)sc1C(=O)N1CCC(C2OCCO2)CC1. The molecule has 138 valence electrons. The molecular formula is C20H23NO4S. The average molecular weight is 373 g/mol. The van der Waals surface area contributed by atoms with Gasteiger partial charge in [-0.05, 0) is 24.5 Å². The van der Waals surface area contributed by atoms with Gasteiger partial charge in [-0.15, -0.1) is 11.3 Å². The van der Waals surface area contributed by atoms with Crippen molar-refractivity contribution in [3.8, 4) is 16.2 Å². The first-order valence-corrected chi connectivity index (χ1v) is 9.83. The number of hydrogen-bond acceptors (Lipinski definition) is 5. The van der Waals surface area contributed by atoms with Gasteiger partial charge < -0.3 is 19.1 Å². The molecule has 0 N–H and O–H groups in total. The molecule has 3 heterocycles. The lowest BCUT2D eigenvalue weighted by atomic mass is 9.96. The normalized spacial score (nSPS) is 19.0. The third-order valence-corrected chi connectivity index (χ3v) is 6.18. The van der Waals surface area contributed by atoms with Crippen LogP contribution in [0.3, 0.4) is 0 Å². The van der Waals surface area contributed by atoms with Gasteiger partial charge in [0.2, 0.25) is 0 Å². The first kappa shape index (κ1) is 17.5. The summed E-state index contributed by atoms with van der Waals surface area (Å²) in [4.78, 5) is 16.7. The fourth-order valence-corrected chi connectivity index (χ4v) is 4.69. The van der Waals surface area contributed by atoms with E-state index < -0.39 is 0 Å². The van der Waals surface area contributed by atoms with E-state index in [0.29, 0.717) is 29.8 Å². The van der Waals surface area contributed by atoms with Crippen LogP contribution in [0.5, 0.6) is 5.75 Å². The quantitative estimate of drug-likeness (QED) is 0.821. The molecule has 2 aliphatic heterocycles. The second kappa shape index (κ2) is 7.78. The van der Waals surface area contributed by atoms with E-state index in [9.17, 15) is 4.79 Å². The Morgan fingerprint density at radius 1 is 1.15 bits per heavy atom. The zero-order valence-corrected chi connectivity index (χ0v) is 15.7. The van der Waals surface area contributed by atoms with Crippen molar-refractivity contribution >= 4 is 17.2 Å². The third kappa shape index (κ3) is 3.49. The Bertz CT molecular complexity index is 746. The van der Waals surface area contributed by atoms with E-state index in [-0.39, 0.29) is 12.2 Å². The summed E-state index contributed by atoms with van der Waals surface area (Å²) in [6.07, 6.45) is 1.74. The van der Waals surface area contributed by atoms with Crippen LogP contribution in [0.25, 0.3) is 10.4 Å². The lowest BCUT2D eigenvalue weighted by molar-refractivity contribution is -0.0956. The van der Waals surface area contributed by atoms with Gasteiger partial charge >= 0.3 is 0 Å². The average Bonchev–Trinajstić information content (AvgIpc) is 3.38. The number of piperidine rings is 1. The molecule has 5 nitrogen and oxygen atoms in total. The largest absolute Gasteiger partial charge is 0.495 e. The molecule has 0 aliphatic carbocycles. The number of thiophene rings is 1. The van der Waals surface area contributed by atoms with Gasteiger partial charge in [-0.1, -0.05) is 30.3 Å². The molecule has 2 aromatic rings. The number of rotatable bonds is 4. The van der Waals surface area contributed by atoms with Crippen molar-refractivity contribution in [2.45, 2.75) is 19.1 Å². The van der Waals surface area contributed by atoms with Gasteiger partial charge in [0.1, 0.15) is 10.6 Å². The van der Waals surface area contributed by atoms with Crippen molar-refractivity contribution in [1.29, 1.82) is 0 Å². The van der Waals surface area contributed by atoms with E-state index in [1.165, 1.54) is 11.3 Å². The van der Waals surface area contributed by atoms with E-state index in [2.05, 4.69) is 0 Å². The van der Waals surface area contributed by atoms with Crippen LogP contribution in [0.2, 0.25) is 0 Å². The van der Waals surface area contributed by atoms with E-state index in [0.717, 1.165) is 36.4 Å². The van der Waals surface area contributed by atoms with Gasteiger partial charge in [0.15, 0.2) is 6.29 Å². The monoisotopic (exact) mass is 373 g/mol. The topological polar surface area (TPSA) is 48.0 Å². The molecule has 26 heavy (non-hydrogen) atoms. The molecule has 2 fully saturated rings. The van der Waals surface area contributed by atoms with Crippen LogP contribution < -0.4 is 4.74 Å². The van der Waals surface area contributed by atoms with Crippen molar-refractivity contribution < 1.29 is 19.0 Å². The zero-order valence-electron chi connectivity index (χ0n) is 14.8. The van der Waals surface area contributed by atoms with Crippen LogP contribution in [0.1, 0.15) is 22.5 Å². The number of likely N-dealkylation sites (tertiary alicyclic amines) is 1. The molecule has 1 amide bonds.